The molecule has 0 N–H and O–H groups in total. The zero-order chi connectivity index (χ0) is 12.1. The molecule has 0 spiro atoms. The number of benzene rings is 1. The number of nitriles is 1. The van der Waals surface area contributed by atoms with Gasteiger partial charge < -0.3 is 4.74 Å². The van der Waals surface area contributed by atoms with Crippen molar-refractivity contribution >= 4 is 15.9 Å². The van der Waals surface area contributed by atoms with Gasteiger partial charge >= 0.3 is 0 Å². The van der Waals surface area contributed by atoms with Gasteiger partial charge in [-0.2, -0.15) is 5.26 Å². The third-order valence-corrected chi connectivity index (χ3v) is 2.64. The summed E-state index contributed by atoms with van der Waals surface area (Å²) < 4.78 is 6.48. The smallest absolute Gasteiger partial charge is 0.137 e. The number of nitrogens with zero attached hydrogens (tertiary/aromatic N) is 2. The third kappa shape index (κ3) is 3.05. The molecule has 4 heteroatoms. The number of hydrogen-bond acceptors (Lipinski definition) is 3. The second-order valence-electron chi connectivity index (χ2n) is 3.36. The van der Waals surface area contributed by atoms with Gasteiger partial charge in [0.2, 0.25) is 0 Å². The first-order valence-corrected chi connectivity index (χ1v) is 5.81. The standard InChI is InChI=1S/C13H9BrN2O/c14-11-5-6-12(16-8-11)9-17-13-4-2-1-3-10(13)7-15/h1-6,8H,9H2. The van der Waals surface area contributed by atoms with Crippen LogP contribution in [0.15, 0.2) is 47.1 Å². The van der Waals surface area contributed by atoms with Crippen molar-refractivity contribution < 1.29 is 4.74 Å². The highest BCUT2D eigenvalue weighted by molar-refractivity contribution is 9.10. The lowest BCUT2D eigenvalue weighted by atomic mass is 10.2. The summed E-state index contributed by atoms with van der Waals surface area (Å²) >= 11 is 3.32. The predicted octanol–water partition coefficient (Wildman–Crippen LogP) is 3.29. The van der Waals surface area contributed by atoms with Crippen molar-refractivity contribution in [3.05, 3.63) is 58.3 Å². The van der Waals surface area contributed by atoms with E-state index in [2.05, 4.69) is 27.0 Å². The fourth-order valence-corrected chi connectivity index (χ4v) is 1.56. The minimum Gasteiger partial charge on any atom is -0.486 e. The first-order valence-electron chi connectivity index (χ1n) is 5.02. The summed E-state index contributed by atoms with van der Waals surface area (Å²) in [6, 6.07) is 13.0. The van der Waals surface area contributed by atoms with Crippen LogP contribution in [0.1, 0.15) is 11.3 Å². The monoisotopic (exact) mass is 288 g/mol. The lowest BCUT2D eigenvalue weighted by Gasteiger charge is -2.06. The second-order valence-corrected chi connectivity index (χ2v) is 4.28. The molecule has 0 saturated heterocycles. The molecule has 84 valence electrons. The lowest BCUT2D eigenvalue weighted by molar-refractivity contribution is 0.300. The highest BCUT2D eigenvalue weighted by Gasteiger charge is 2.02. The van der Waals surface area contributed by atoms with Crippen molar-refractivity contribution in [2.24, 2.45) is 0 Å². The molecule has 0 fully saturated rings. The molecule has 0 atom stereocenters. The molecule has 2 rings (SSSR count). The van der Waals surface area contributed by atoms with Crippen LogP contribution in [0.3, 0.4) is 0 Å². The Hall–Kier alpha value is -1.86. The maximum absolute atomic E-state index is 8.90. The molecule has 0 unspecified atom stereocenters. The Kier molecular flexibility index (Phi) is 3.73. The maximum Gasteiger partial charge on any atom is 0.137 e. The van der Waals surface area contributed by atoms with E-state index in [1.807, 2.05) is 24.3 Å². The number of hydrogen-bond donors (Lipinski definition) is 0. The van der Waals surface area contributed by atoms with Crippen LogP contribution in [-0.4, -0.2) is 4.98 Å². The normalized spacial score (nSPS) is 9.65. The van der Waals surface area contributed by atoms with E-state index >= 15 is 0 Å². The Bertz CT molecular complexity index is 546. The topological polar surface area (TPSA) is 45.9 Å². The van der Waals surface area contributed by atoms with Crippen LogP contribution in [0.2, 0.25) is 0 Å². The van der Waals surface area contributed by atoms with Crippen LogP contribution in [0.25, 0.3) is 0 Å². The van der Waals surface area contributed by atoms with E-state index in [0.29, 0.717) is 17.9 Å². The largest absolute Gasteiger partial charge is 0.486 e. The zero-order valence-electron chi connectivity index (χ0n) is 8.93. The van der Waals surface area contributed by atoms with Crippen molar-refractivity contribution in [2.75, 3.05) is 0 Å². The van der Waals surface area contributed by atoms with E-state index in [0.717, 1.165) is 10.2 Å². The third-order valence-electron chi connectivity index (χ3n) is 2.17. The van der Waals surface area contributed by atoms with E-state index in [1.165, 1.54) is 0 Å². The molecule has 17 heavy (non-hydrogen) atoms. The van der Waals surface area contributed by atoms with Gasteiger partial charge in [0.05, 0.1) is 11.3 Å². The first kappa shape index (κ1) is 11.6. The minimum absolute atomic E-state index is 0.353. The second kappa shape index (κ2) is 5.46. The van der Waals surface area contributed by atoms with Crippen LogP contribution in [0, 0.1) is 11.3 Å². The first-order chi connectivity index (χ1) is 8.29. The van der Waals surface area contributed by atoms with E-state index in [4.69, 9.17) is 10.00 Å². The van der Waals surface area contributed by atoms with Crippen molar-refractivity contribution in [3.63, 3.8) is 0 Å². The van der Waals surface area contributed by atoms with E-state index in [-0.39, 0.29) is 0 Å². The van der Waals surface area contributed by atoms with Crippen molar-refractivity contribution in [2.45, 2.75) is 6.61 Å². The molecule has 1 heterocycles. The minimum atomic E-state index is 0.353. The highest BCUT2D eigenvalue weighted by Crippen LogP contribution is 2.18. The fraction of sp³-hybridized carbons (Fsp3) is 0.0769. The van der Waals surface area contributed by atoms with Crippen LogP contribution in [0.4, 0.5) is 0 Å². The van der Waals surface area contributed by atoms with Gasteiger partial charge in [0.25, 0.3) is 0 Å². The van der Waals surface area contributed by atoms with Gasteiger partial charge in [-0.1, -0.05) is 12.1 Å². The molecule has 0 aliphatic carbocycles. The number of rotatable bonds is 3. The molecule has 0 aliphatic rings. The molecular formula is C13H9BrN2O. The van der Waals surface area contributed by atoms with E-state index < -0.39 is 0 Å². The Morgan fingerprint density at radius 3 is 2.76 bits per heavy atom. The predicted molar refractivity (Wildman–Crippen MR) is 67.4 cm³/mol. The van der Waals surface area contributed by atoms with Crippen molar-refractivity contribution in [3.8, 4) is 11.8 Å². The molecule has 0 saturated carbocycles. The summed E-state index contributed by atoms with van der Waals surface area (Å²) in [5, 5.41) is 8.90. The summed E-state index contributed by atoms with van der Waals surface area (Å²) in [4.78, 5) is 4.19. The Morgan fingerprint density at radius 1 is 1.24 bits per heavy atom. The molecule has 0 aliphatic heterocycles. The quantitative estimate of drug-likeness (QED) is 0.871. The molecule has 0 bridgehead atoms. The molecule has 1 aromatic heterocycles. The van der Waals surface area contributed by atoms with Crippen LogP contribution < -0.4 is 4.74 Å². The Balaban J connectivity index is 2.08. The molecule has 1 aromatic carbocycles. The van der Waals surface area contributed by atoms with Crippen molar-refractivity contribution in [1.82, 2.24) is 4.98 Å². The van der Waals surface area contributed by atoms with Gasteiger partial charge in [0.1, 0.15) is 18.4 Å². The van der Waals surface area contributed by atoms with Crippen LogP contribution in [0.5, 0.6) is 5.75 Å². The zero-order valence-corrected chi connectivity index (χ0v) is 10.5. The number of aromatic nitrogens is 1. The summed E-state index contributed by atoms with van der Waals surface area (Å²) in [6.07, 6.45) is 1.72. The summed E-state index contributed by atoms with van der Waals surface area (Å²) in [5.74, 6) is 0.583. The van der Waals surface area contributed by atoms with Gasteiger partial charge in [-0.05, 0) is 40.2 Å². The van der Waals surface area contributed by atoms with Crippen molar-refractivity contribution in [1.29, 1.82) is 5.26 Å². The molecule has 2 aromatic rings. The average Bonchev–Trinajstić information content (AvgIpc) is 2.38. The molecule has 0 radical (unpaired) electrons. The van der Waals surface area contributed by atoms with Gasteiger partial charge in [-0.25, -0.2) is 0 Å². The number of ether oxygens (including phenoxy) is 1. The summed E-state index contributed by atoms with van der Waals surface area (Å²) in [7, 11) is 0. The molecule has 3 nitrogen and oxygen atoms in total. The summed E-state index contributed by atoms with van der Waals surface area (Å²) in [6.45, 7) is 0.353. The van der Waals surface area contributed by atoms with E-state index in [1.54, 1.807) is 18.3 Å². The maximum atomic E-state index is 8.90. The molecular weight excluding hydrogens is 280 g/mol. The molecule has 0 amide bonds. The van der Waals surface area contributed by atoms with Gasteiger partial charge in [0.15, 0.2) is 0 Å². The fourth-order valence-electron chi connectivity index (χ4n) is 1.33. The highest BCUT2D eigenvalue weighted by atomic mass is 79.9. The van der Waals surface area contributed by atoms with Gasteiger partial charge in [-0.3, -0.25) is 4.98 Å². The van der Waals surface area contributed by atoms with Crippen LogP contribution >= 0.6 is 15.9 Å². The number of para-hydroxylation sites is 1. The number of halogens is 1. The van der Waals surface area contributed by atoms with Gasteiger partial charge in [0, 0.05) is 10.7 Å². The Morgan fingerprint density at radius 2 is 2.06 bits per heavy atom. The lowest BCUT2D eigenvalue weighted by Crippen LogP contribution is -1.99. The average molecular weight is 289 g/mol. The number of pyridine rings is 1. The van der Waals surface area contributed by atoms with Crippen LogP contribution in [-0.2, 0) is 6.61 Å². The SMILES string of the molecule is N#Cc1ccccc1OCc1ccc(Br)cn1. The Labute approximate surface area is 108 Å². The summed E-state index contributed by atoms with van der Waals surface area (Å²) in [5.41, 5.74) is 1.35. The van der Waals surface area contributed by atoms with E-state index in [9.17, 15) is 0 Å². The van der Waals surface area contributed by atoms with Gasteiger partial charge in [-0.15, -0.1) is 0 Å².